The van der Waals surface area contributed by atoms with Gasteiger partial charge in [0, 0.05) is 6.54 Å². The van der Waals surface area contributed by atoms with Crippen molar-refractivity contribution in [3.63, 3.8) is 0 Å². The van der Waals surface area contributed by atoms with Gasteiger partial charge in [-0.1, -0.05) is 33.0 Å². The minimum absolute atomic E-state index is 0.535. The van der Waals surface area contributed by atoms with Gasteiger partial charge in [0.1, 0.15) is 13.4 Å². The van der Waals surface area contributed by atoms with Crippen LogP contribution in [0, 0.1) is 0 Å². The van der Waals surface area contributed by atoms with Gasteiger partial charge in [0.15, 0.2) is 0 Å². The van der Waals surface area contributed by atoms with Crippen LogP contribution in [0.5, 0.6) is 0 Å². The van der Waals surface area contributed by atoms with Gasteiger partial charge < -0.3 is 15.7 Å². The van der Waals surface area contributed by atoms with Gasteiger partial charge in [-0.15, -0.1) is 0 Å². The summed E-state index contributed by atoms with van der Waals surface area (Å²) in [6.07, 6.45) is 4.16. The fraction of sp³-hybridized carbons (Fsp3) is 0.917. The summed E-state index contributed by atoms with van der Waals surface area (Å²) in [5, 5.41) is 9.25. The van der Waals surface area contributed by atoms with Crippen LogP contribution in [0.25, 0.3) is 0 Å². The topological polar surface area (TPSA) is 66.6 Å². The molecule has 0 aliphatic rings. The molecule has 0 unspecified atom stereocenters. The van der Waals surface area contributed by atoms with Gasteiger partial charge in [0.25, 0.3) is 0 Å². The van der Waals surface area contributed by atoms with Crippen molar-refractivity contribution >= 4 is 13.8 Å². The first-order valence-electron chi connectivity index (χ1n) is 6.74. The predicted molar refractivity (Wildman–Crippen MR) is 74.2 cm³/mol. The molecule has 0 aromatic carbocycles. The summed E-state index contributed by atoms with van der Waals surface area (Å²) in [5.41, 5.74) is 4.97. The van der Waals surface area contributed by atoms with Gasteiger partial charge in [-0.25, -0.2) is 0 Å². The Kier molecular flexibility index (Phi) is 8.26. The predicted octanol–water partition coefficient (Wildman–Crippen LogP) is 0.722. The molecule has 0 heterocycles. The first-order chi connectivity index (χ1) is 8.00. The maximum absolute atomic E-state index is 11.3. The summed E-state index contributed by atoms with van der Waals surface area (Å²) < 4.78 is 0. The van der Waals surface area contributed by atoms with Crippen molar-refractivity contribution < 1.29 is 9.90 Å². The Bertz CT molecular complexity index is 223. The molecule has 0 saturated carbocycles. The largest absolute Gasteiger partial charge is 0.480 e. The second-order valence-electron chi connectivity index (χ2n) is 4.70. The summed E-state index contributed by atoms with van der Waals surface area (Å²) in [7, 11) is 2.11. The van der Waals surface area contributed by atoms with Crippen molar-refractivity contribution in [2.45, 2.75) is 51.4 Å². The Morgan fingerprint density at radius 3 is 2.29 bits per heavy atom. The highest BCUT2D eigenvalue weighted by Crippen LogP contribution is 2.17. The zero-order chi connectivity index (χ0) is 13.3. The van der Waals surface area contributed by atoms with Crippen molar-refractivity contribution in [1.82, 2.24) is 4.90 Å². The van der Waals surface area contributed by atoms with Gasteiger partial charge in [-0.3, -0.25) is 4.79 Å². The molecule has 0 aliphatic carbocycles. The third-order valence-corrected chi connectivity index (χ3v) is 3.42. The lowest BCUT2D eigenvalue weighted by Gasteiger charge is -2.28. The summed E-state index contributed by atoms with van der Waals surface area (Å²) in [6, 6.07) is 0. The molecule has 0 rings (SSSR count). The van der Waals surface area contributed by atoms with Crippen LogP contribution in [0.15, 0.2) is 0 Å². The highest BCUT2D eigenvalue weighted by atomic mass is 16.4. The lowest BCUT2D eigenvalue weighted by atomic mass is 9.88. The van der Waals surface area contributed by atoms with Crippen LogP contribution in [0.3, 0.4) is 0 Å². The number of carboxylic acids is 1. The quantitative estimate of drug-likeness (QED) is 0.437. The molecule has 0 saturated heterocycles. The van der Waals surface area contributed by atoms with Crippen LogP contribution < -0.4 is 5.73 Å². The monoisotopic (exact) mass is 242 g/mol. The van der Waals surface area contributed by atoms with Gasteiger partial charge in [0.2, 0.25) is 0 Å². The number of hydrogen-bond donors (Lipinski definition) is 2. The highest BCUT2D eigenvalue weighted by Gasteiger charge is 2.33. The van der Waals surface area contributed by atoms with E-state index in [1.165, 1.54) is 0 Å². The second-order valence-corrected chi connectivity index (χ2v) is 4.70. The Morgan fingerprint density at radius 1 is 1.29 bits per heavy atom. The first kappa shape index (κ1) is 16.5. The summed E-state index contributed by atoms with van der Waals surface area (Å²) in [6.45, 7) is 6.82. The average Bonchev–Trinajstić information content (AvgIpc) is 2.30. The van der Waals surface area contributed by atoms with E-state index >= 15 is 0 Å². The van der Waals surface area contributed by atoms with Crippen LogP contribution in [0.4, 0.5) is 0 Å². The number of rotatable bonds is 10. The molecule has 0 radical (unpaired) electrons. The molecule has 0 bridgehead atoms. The minimum Gasteiger partial charge on any atom is -0.480 e. The van der Waals surface area contributed by atoms with Crippen molar-refractivity contribution in [2.24, 2.45) is 5.73 Å². The van der Waals surface area contributed by atoms with Gasteiger partial charge >= 0.3 is 5.97 Å². The Hall–Kier alpha value is -0.545. The van der Waals surface area contributed by atoms with E-state index in [0.29, 0.717) is 12.8 Å². The standard InChI is InChI=1S/C12H27BN2O2/c1-3-15(4-2)10-8-12(14,11(16)17)7-5-6-9-13/h3-10,13-14H2,1-2H3,(H,16,17)/t12-/m1/s1. The van der Waals surface area contributed by atoms with E-state index in [2.05, 4.69) is 26.6 Å². The Balaban J connectivity index is 4.25. The number of aliphatic carboxylic acids is 1. The van der Waals surface area contributed by atoms with Gasteiger partial charge in [-0.05, 0) is 25.9 Å². The van der Waals surface area contributed by atoms with Gasteiger partial charge in [0.05, 0.1) is 0 Å². The number of nitrogens with two attached hydrogens (primary N) is 1. The number of carboxylic acid groups (broad SMARTS) is 1. The summed E-state index contributed by atoms with van der Waals surface area (Å²) in [5.74, 6) is -0.860. The molecule has 0 aliphatic heterocycles. The Labute approximate surface area is 106 Å². The molecule has 0 aromatic rings. The number of hydrogen-bond acceptors (Lipinski definition) is 3. The molecule has 5 heteroatoms. The molecule has 1 atom stereocenters. The molecular weight excluding hydrogens is 215 g/mol. The fourth-order valence-corrected chi connectivity index (χ4v) is 1.93. The summed E-state index contributed by atoms with van der Waals surface area (Å²) in [4.78, 5) is 13.5. The number of unbranched alkanes of at least 4 members (excludes halogenated alkanes) is 1. The van der Waals surface area contributed by atoms with E-state index in [1.807, 2.05) is 0 Å². The van der Waals surface area contributed by atoms with Crippen molar-refractivity contribution in [2.75, 3.05) is 19.6 Å². The zero-order valence-electron chi connectivity index (χ0n) is 11.5. The molecular formula is C12H27BN2O2. The number of carbonyl (C=O) groups is 1. The van der Waals surface area contributed by atoms with Crippen LogP contribution in [0.2, 0.25) is 6.32 Å². The van der Waals surface area contributed by atoms with E-state index < -0.39 is 11.5 Å². The smallest absolute Gasteiger partial charge is 0.323 e. The van der Waals surface area contributed by atoms with Gasteiger partial charge in [-0.2, -0.15) is 0 Å². The Morgan fingerprint density at radius 2 is 1.88 bits per heavy atom. The van der Waals surface area contributed by atoms with Crippen LogP contribution >= 0.6 is 0 Å². The van der Waals surface area contributed by atoms with Crippen molar-refractivity contribution in [3.8, 4) is 0 Å². The third kappa shape index (κ3) is 6.08. The minimum atomic E-state index is -1.04. The molecule has 4 nitrogen and oxygen atoms in total. The van der Waals surface area contributed by atoms with Crippen LogP contribution in [0.1, 0.15) is 39.5 Å². The average molecular weight is 242 g/mol. The normalized spacial score (nSPS) is 14.8. The van der Waals surface area contributed by atoms with Crippen molar-refractivity contribution in [3.05, 3.63) is 0 Å². The first-order valence-corrected chi connectivity index (χ1v) is 6.74. The van der Waals surface area contributed by atoms with Crippen LogP contribution in [-0.2, 0) is 4.79 Å². The molecule has 0 aromatic heterocycles. The lowest BCUT2D eigenvalue weighted by Crippen LogP contribution is -2.50. The zero-order valence-corrected chi connectivity index (χ0v) is 11.5. The van der Waals surface area contributed by atoms with Crippen molar-refractivity contribution in [1.29, 1.82) is 0 Å². The maximum Gasteiger partial charge on any atom is 0.323 e. The SMILES string of the molecule is BCCCC[C@@](N)(CCN(CC)CC)C(=O)O. The highest BCUT2D eigenvalue weighted by molar-refractivity contribution is 6.08. The summed E-state index contributed by atoms with van der Waals surface area (Å²) >= 11 is 0. The molecule has 0 spiro atoms. The molecule has 0 fully saturated rings. The van der Waals surface area contributed by atoms with E-state index in [-0.39, 0.29) is 0 Å². The molecule has 0 amide bonds. The molecule has 3 N–H and O–H groups in total. The van der Waals surface area contributed by atoms with Crippen LogP contribution in [-0.4, -0.2) is 49.0 Å². The second kappa shape index (κ2) is 8.53. The van der Waals surface area contributed by atoms with E-state index in [0.717, 1.165) is 38.8 Å². The molecule has 100 valence electrons. The third-order valence-electron chi connectivity index (χ3n) is 3.42. The molecule has 17 heavy (non-hydrogen) atoms. The maximum atomic E-state index is 11.3. The number of nitrogens with zero attached hydrogens (tertiary/aromatic N) is 1. The fourth-order valence-electron chi connectivity index (χ4n) is 1.93. The van der Waals surface area contributed by atoms with E-state index in [4.69, 9.17) is 5.73 Å². The lowest BCUT2D eigenvalue weighted by molar-refractivity contribution is -0.144. The van der Waals surface area contributed by atoms with E-state index in [9.17, 15) is 9.90 Å². The van der Waals surface area contributed by atoms with E-state index in [1.54, 1.807) is 0 Å².